The van der Waals surface area contributed by atoms with Crippen LogP contribution in [0.5, 0.6) is 5.75 Å². The lowest BCUT2D eigenvalue weighted by molar-refractivity contribution is 0.0827. The number of anilines is 1. The molecule has 0 aliphatic heterocycles. The number of benzene rings is 2. The van der Waals surface area contributed by atoms with Crippen LogP contribution in [0.25, 0.3) is 0 Å². The van der Waals surface area contributed by atoms with Crippen molar-refractivity contribution in [2.75, 3.05) is 26.5 Å². The second-order valence-electron chi connectivity index (χ2n) is 8.83. The molecule has 1 N–H and O–H groups in total. The number of methoxy groups -OCH3 is 1. The summed E-state index contributed by atoms with van der Waals surface area (Å²) in [7, 11) is 5.21. The van der Waals surface area contributed by atoms with Crippen LogP contribution >= 0.6 is 11.8 Å². The molecular formula is C26H33N5O2S. The summed E-state index contributed by atoms with van der Waals surface area (Å²) in [6.07, 6.45) is 6.13. The Morgan fingerprint density at radius 1 is 1.12 bits per heavy atom. The zero-order chi connectivity index (χ0) is 23.9. The van der Waals surface area contributed by atoms with Gasteiger partial charge in [0.15, 0.2) is 11.0 Å². The molecule has 1 aliphatic rings. The molecule has 0 unspecified atom stereocenters. The lowest BCUT2D eigenvalue weighted by Crippen LogP contribution is -2.21. The van der Waals surface area contributed by atoms with E-state index >= 15 is 0 Å². The highest BCUT2D eigenvalue weighted by molar-refractivity contribution is 7.98. The van der Waals surface area contributed by atoms with Gasteiger partial charge >= 0.3 is 0 Å². The van der Waals surface area contributed by atoms with Crippen LogP contribution in [0.15, 0.2) is 53.7 Å². The molecule has 0 radical (unpaired) electrons. The highest BCUT2D eigenvalue weighted by atomic mass is 32.2. The van der Waals surface area contributed by atoms with Crippen molar-refractivity contribution in [2.24, 2.45) is 0 Å². The topological polar surface area (TPSA) is 72.3 Å². The Labute approximate surface area is 205 Å². The zero-order valence-corrected chi connectivity index (χ0v) is 21.0. The number of nitrogens with zero attached hydrogens (tertiary/aromatic N) is 4. The first-order chi connectivity index (χ1) is 16.5. The fourth-order valence-corrected chi connectivity index (χ4v) is 5.28. The molecule has 7 nitrogen and oxygen atoms in total. The lowest BCUT2D eigenvalue weighted by atomic mass is 9.95. The van der Waals surface area contributed by atoms with Gasteiger partial charge in [0.05, 0.1) is 13.7 Å². The predicted molar refractivity (Wildman–Crippen MR) is 136 cm³/mol. The van der Waals surface area contributed by atoms with Gasteiger partial charge in [0.2, 0.25) is 0 Å². The van der Waals surface area contributed by atoms with Gasteiger partial charge in [-0.25, -0.2) is 0 Å². The van der Waals surface area contributed by atoms with Gasteiger partial charge in [-0.1, -0.05) is 49.2 Å². The van der Waals surface area contributed by atoms with E-state index in [1.807, 2.05) is 48.5 Å². The molecule has 2 aromatic carbocycles. The van der Waals surface area contributed by atoms with Gasteiger partial charge in [0.1, 0.15) is 5.75 Å². The average molecular weight is 480 g/mol. The summed E-state index contributed by atoms with van der Waals surface area (Å²) in [6.45, 7) is 0.610. The van der Waals surface area contributed by atoms with Gasteiger partial charge in [-0.2, -0.15) is 0 Å². The van der Waals surface area contributed by atoms with Crippen molar-refractivity contribution in [3.05, 3.63) is 65.5 Å². The van der Waals surface area contributed by atoms with Crippen LogP contribution < -0.4 is 10.1 Å². The first-order valence-electron chi connectivity index (χ1n) is 11.8. The third-order valence-corrected chi connectivity index (χ3v) is 7.18. The number of carbonyl (C=O) groups is 1. The fourth-order valence-electron chi connectivity index (χ4n) is 4.30. The molecule has 0 saturated heterocycles. The standard InChI is InChI=1S/C26H33N5O2S/c1-30(2)25(32)20-14-12-19(13-15-20)18-34-26-29-28-24(31(26)22-9-5-4-6-10-22)17-27-21-8-7-11-23(16-21)33-3/h7-8,11-16,22,27H,4-6,9-10,17-18H2,1-3H3. The van der Waals surface area contributed by atoms with Crippen LogP contribution in [-0.2, 0) is 12.3 Å². The SMILES string of the molecule is COc1cccc(NCc2nnc(SCc3ccc(C(=O)N(C)C)cc3)n2C2CCCCC2)c1. The van der Waals surface area contributed by atoms with Crippen molar-refractivity contribution in [3.63, 3.8) is 0 Å². The van der Waals surface area contributed by atoms with Crippen LogP contribution in [0.4, 0.5) is 5.69 Å². The number of nitrogens with one attached hydrogen (secondary N) is 1. The van der Waals surface area contributed by atoms with Crippen LogP contribution in [0.3, 0.4) is 0 Å². The quantitative estimate of drug-likeness (QED) is 0.415. The summed E-state index contributed by atoms with van der Waals surface area (Å²) in [5, 5.41) is 13.6. The van der Waals surface area contributed by atoms with Crippen molar-refractivity contribution in [1.29, 1.82) is 0 Å². The molecular weight excluding hydrogens is 446 g/mol. The van der Waals surface area contributed by atoms with Gasteiger partial charge in [-0.15, -0.1) is 10.2 Å². The molecule has 1 saturated carbocycles. The second kappa shape index (κ2) is 11.4. The Morgan fingerprint density at radius 3 is 2.59 bits per heavy atom. The van der Waals surface area contributed by atoms with E-state index < -0.39 is 0 Å². The molecule has 1 heterocycles. The second-order valence-corrected chi connectivity index (χ2v) is 9.77. The Kier molecular flexibility index (Phi) is 8.11. The monoisotopic (exact) mass is 479 g/mol. The van der Waals surface area contributed by atoms with Crippen molar-refractivity contribution >= 4 is 23.4 Å². The van der Waals surface area contributed by atoms with Gasteiger partial charge in [0.25, 0.3) is 5.91 Å². The minimum absolute atomic E-state index is 0.0180. The van der Waals surface area contributed by atoms with E-state index in [-0.39, 0.29) is 5.91 Å². The molecule has 1 fully saturated rings. The summed E-state index contributed by atoms with van der Waals surface area (Å²) in [5.41, 5.74) is 2.86. The molecule has 34 heavy (non-hydrogen) atoms. The van der Waals surface area contributed by atoms with Gasteiger partial charge in [-0.05, 0) is 42.7 Å². The number of rotatable bonds is 9. The fraction of sp³-hybridized carbons (Fsp3) is 0.423. The van der Waals surface area contributed by atoms with Crippen molar-refractivity contribution in [3.8, 4) is 5.75 Å². The molecule has 0 spiro atoms. The van der Waals surface area contributed by atoms with Crippen LogP contribution in [0.1, 0.15) is 59.9 Å². The number of thioether (sulfide) groups is 1. The number of carbonyl (C=O) groups excluding carboxylic acids is 1. The summed E-state index contributed by atoms with van der Waals surface area (Å²) >= 11 is 1.71. The van der Waals surface area contributed by atoms with Crippen molar-refractivity contribution < 1.29 is 9.53 Å². The minimum Gasteiger partial charge on any atom is -0.497 e. The maximum absolute atomic E-state index is 12.1. The first-order valence-corrected chi connectivity index (χ1v) is 12.8. The Balaban J connectivity index is 1.48. The Bertz CT molecular complexity index is 1090. The van der Waals surface area contributed by atoms with Crippen LogP contribution in [0, 0.1) is 0 Å². The third-order valence-electron chi connectivity index (χ3n) is 6.17. The molecule has 4 rings (SSSR count). The number of hydrogen-bond donors (Lipinski definition) is 1. The maximum atomic E-state index is 12.1. The Morgan fingerprint density at radius 2 is 1.88 bits per heavy atom. The summed E-state index contributed by atoms with van der Waals surface area (Å²) in [5.74, 6) is 2.59. The van der Waals surface area contributed by atoms with E-state index in [0.717, 1.165) is 33.7 Å². The van der Waals surface area contributed by atoms with E-state index in [1.54, 1.807) is 37.9 Å². The summed E-state index contributed by atoms with van der Waals surface area (Å²) < 4.78 is 7.69. The third kappa shape index (κ3) is 5.91. The van der Waals surface area contributed by atoms with Gasteiger partial charge in [0, 0.05) is 43.2 Å². The first kappa shape index (κ1) is 24.1. The molecule has 3 aromatic rings. The molecule has 1 aliphatic carbocycles. The molecule has 0 atom stereocenters. The largest absolute Gasteiger partial charge is 0.497 e. The summed E-state index contributed by atoms with van der Waals surface area (Å²) in [6, 6.07) is 16.2. The number of aromatic nitrogens is 3. The number of ether oxygens (including phenoxy) is 1. The van der Waals surface area contributed by atoms with E-state index in [2.05, 4.69) is 20.1 Å². The zero-order valence-electron chi connectivity index (χ0n) is 20.2. The van der Waals surface area contributed by atoms with E-state index in [0.29, 0.717) is 18.2 Å². The average Bonchev–Trinajstić information content (AvgIpc) is 3.29. The van der Waals surface area contributed by atoms with Crippen molar-refractivity contribution in [2.45, 2.75) is 55.6 Å². The minimum atomic E-state index is 0.0180. The smallest absolute Gasteiger partial charge is 0.253 e. The normalized spacial score (nSPS) is 14.1. The van der Waals surface area contributed by atoms with Crippen LogP contribution in [0.2, 0.25) is 0 Å². The van der Waals surface area contributed by atoms with Crippen LogP contribution in [-0.4, -0.2) is 46.8 Å². The molecule has 1 aromatic heterocycles. The van der Waals surface area contributed by atoms with Crippen molar-refractivity contribution in [1.82, 2.24) is 19.7 Å². The molecule has 180 valence electrons. The van der Waals surface area contributed by atoms with Gasteiger partial charge < -0.3 is 19.5 Å². The van der Waals surface area contributed by atoms with Gasteiger partial charge in [-0.3, -0.25) is 4.79 Å². The summed E-state index contributed by atoms with van der Waals surface area (Å²) in [4.78, 5) is 13.7. The van der Waals surface area contributed by atoms with E-state index in [1.165, 1.54) is 32.1 Å². The maximum Gasteiger partial charge on any atom is 0.253 e. The highest BCUT2D eigenvalue weighted by Gasteiger charge is 2.23. The predicted octanol–water partition coefficient (Wildman–Crippen LogP) is 5.40. The number of hydrogen-bond acceptors (Lipinski definition) is 6. The number of amides is 1. The van der Waals surface area contributed by atoms with E-state index in [4.69, 9.17) is 4.74 Å². The molecule has 8 heteroatoms. The Hall–Kier alpha value is -3.00. The highest BCUT2D eigenvalue weighted by Crippen LogP contribution is 2.34. The van der Waals surface area contributed by atoms with E-state index in [9.17, 15) is 4.79 Å². The molecule has 1 amide bonds. The molecule has 0 bridgehead atoms. The lowest BCUT2D eigenvalue weighted by Gasteiger charge is -2.25.